The zero-order valence-corrected chi connectivity index (χ0v) is 12.7. The van der Waals surface area contributed by atoms with E-state index in [4.69, 9.17) is 16.3 Å². The van der Waals surface area contributed by atoms with Gasteiger partial charge in [0.1, 0.15) is 5.75 Å². The zero-order chi connectivity index (χ0) is 15.4. The smallest absolute Gasteiger partial charge is 0.345 e. The van der Waals surface area contributed by atoms with Crippen LogP contribution in [0.15, 0.2) is 42.5 Å². The first kappa shape index (κ1) is 15.4. The minimum absolute atomic E-state index is 0.318. The topological polar surface area (TPSA) is 46.5 Å². The molecule has 0 amide bonds. The Kier molecular flexibility index (Phi) is 4.86. The number of hydrogen-bond acceptors (Lipinski definition) is 2. The molecule has 2 aromatic rings. The molecule has 0 saturated carbocycles. The van der Waals surface area contributed by atoms with E-state index in [9.17, 15) is 9.90 Å². The summed E-state index contributed by atoms with van der Waals surface area (Å²) < 4.78 is 5.60. The maximum atomic E-state index is 11.4. The van der Waals surface area contributed by atoms with Gasteiger partial charge in [0.2, 0.25) is 0 Å². The van der Waals surface area contributed by atoms with Crippen LogP contribution in [0, 0.1) is 13.8 Å². The molecule has 0 aromatic heterocycles. The van der Waals surface area contributed by atoms with Crippen LogP contribution in [-0.2, 0) is 11.2 Å². The van der Waals surface area contributed by atoms with Gasteiger partial charge in [-0.15, -0.1) is 0 Å². The van der Waals surface area contributed by atoms with Crippen molar-refractivity contribution in [2.24, 2.45) is 0 Å². The minimum Gasteiger partial charge on any atom is -0.478 e. The summed E-state index contributed by atoms with van der Waals surface area (Å²) in [6.45, 7) is 3.83. The van der Waals surface area contributed by atoms with Gasteiger partial charge in [-0.2, -0.15) is 0 Å². The number of aryl methyl sites for hydroxylation is 2. The molecule has 0 bridgehead atoms. The van der Waals surface area contributed by atoms with Crippen LogP contribution < -0.4 is 4.74 Å². The third kappa shape index (κ3) is 4.23. The Morgan fingerprint density at radius 2 is 2.00 bits per heavy atom. The Hall–Kier alpha value is -2.00. The fraction of sp³-hybridized carbons (Fsp3) is 0.235. The molecular weight excluding hydrogens is 288 g/mol. The Bertz CT molecular complexity index is 652. The van der Waals surface area contributed by atoms with Gasteiger partial charge in [0, 0.05) is 11.4 Å². The van der Waals surface area contributed by atoms with Crippen molar-refractivity contribution in [1.82, 2.24) is 0 Å². The lowest BCUT2D eigenvalue weighted by atomic mass is 10.1. The number of rotatable bonds is 5. The third-order valence-electron chi connectivity index (χ3n) is 3.19. The lowest BCUT2D eigenvalue weighted by molar-refractivity contribution is -0.145. The summed E-state index contributed by atoms with van der Waals surface area (Å²) in [4.78, 5) is 11.4. The summed E-state index contributed by atoms with van der Waals surface area (Å²) >= 11 is 5.96. The second-order valence-electron chi connectivity index (χ2n) is 5.05. The van der Waals surface area contributed by atoms with Crippen LogP contribution in [0.5, 0.6) is 5.75 Å². The van der Waals surface area contributed by atoms with Crippen LogP contribution >= 0.6 is 11.6 Å². The highest BCUT2D eigenvalue weighted by Gasteiger charge is 2.20. The molecule has 0 heterocycles. The fourth-order valence-corrected chi connectivity index (χ4v) is 2.20. The second-order valence-corrected chi connectivity index (χ2v) is 5.46. The molecule has 21 heavy (non-hydrogen) atoms. The van der Waals surface area contributed by atoms with Gasteiger partial charge >= 0.3 is 5.97 Å². The van der Waals surface area contributed by atoms with Crippen molar-refractivity contribution < 1.29 is 14.6 Å². The molecule has 0 aliphatic heterocycles. The van der Waals surface area contributed by atoms with Crippen molar-refractivity contribution in [2.75, 3.05) is 0 Å². The van der Waals surface area contributed by atoms with Gasteiger partial charge in [-0.1, -0.05) is 41.4 Å². The van der Waals surface area contributed by atoms with E-state index in [1.807, 2.05) is 38.1 Å². The maximum absolute atomic E-state index is 11.4. The van der Waals surface area contributed by atoms with Gasteiger partial charge in [0.05, 0.1) is 0 Å². The number of carboxylic acid groups (broad SMARTS) is 1. The molecule has 0 unspecified atom stereocenters. The molecule has 0 aliphatic carbocycles. The Morgan fingerprint density at radius 1 is 1.24 bits per heavy atom. The van der Waals surface area contributed by atoms with E-state index in [-0.39, 0.29) is 0 Å². The van der Waals surface area contributed by atoms with Crippen LogP contribution in [0.4, 0.5) is 0 Å². The molecule has 0 aliphatic rings. The van der Waals surface area contributed by atoms with Gasteiger partial charge in [-0.25, -0.2) is 4.79 Å². The number of ether oxygens (including phenoxy) is 1. The second kappa shape index (κ2) is 6.64. The monoisotopic (exact) mass is 304 g/mol. The van der Waals surface area contributed by atoms with Crippen LogP contribution in [0.3, 0.4) is 0 Å². The van der Waals surface area contributed by atoms with E-state index >= 15 is 0 Å². The van der Waals surface area contributed by atoms with Crippen molar-refractivity contribution in [3.63, 3.8) is 0 Å². The van der Waals surface area contributed by atoms with E-state index in [0.29, 0.717) is 17.2 Å². The molecule has 1 atom stereocenters. The number of benzene rings is 2. The molecule has 0 fully saturated rings. The van der Waals surface area contributed by atoms with E-state index in [1.54, 1.807) is 18.2 Å². The van der Waals surface area contributed by atoms with E-state index in [2.05, 4.69) is 0 Å². The Labute approximate surface area is 129 Å². The molecule has 0 radical (unpaired) electrons. The van der Waals surface area contributed by atoms with Crippen molar-refractivity contribution in [1.29, 1.82) is 0 Å². The molecule has 0 saturated heterocycles. The number of carboxylic acids is 1. The quantitative estimate of drug-likeness (QED) is 0.907. The molecule has 4 heteroatoms. The Morgan fingerprint density at radius 3 is 2.62 bits per heavy atom. The molecule has 3 nitrogen and oxygen atoms in total. The highest BCUT2D eigenvalue weighted by atomic mass is 35.5. The zero-order valence-electron chi connectivity index (χ0n) is 12.0. The van der Waals surface area contributed by atoms with Crippen LogP contribution in [-0.4, -0.2) is 17.2 Å². The summed E-state index contributed by atoms with van der Waals surface area (Å²) in [5.74, 6) is -0.471. The minimum atomic E-state index is -0.982. The molecule has 2 aromatic carbocycles. The predicted octanol–water partition coefficient (Wildman–Crippen LogP) is 4.03. The van der Waals surface area contributed by atoms with Crippen molar-refractivity contribution in [2.45, 2.75) is 26.4 Å². The maximum Gasteiger partial charge on any atom is 0.345 e. The summed E-state index contributed by atoms with van der Waals surface area (Å²) in [5.41, 5.74) is 2.89. The number of hydrogen-bond donors (Lipinski definition) is 1. The first-order valence-electron chi connectivity index (χ1n) is 6.67. The molecule has 0 spiro atoms. The SMILES string of the molecule is Cc1cccc(C[C@H](Oc2ccc(Cl)c(C)c2)C(=O)O)c1. The number of aliphatic carboxylic acids is 1. The van der Waals surface area contributed by atoms with Gasteiger partial charge in [0.25, 0.3) is 0 Å². The molecule has 110 valence electrons. The molecule has 1 N–H and O–H groups in total. The van der Waals surface area contributed by atoms with E-state index in [1.165, 1.54) is 0 Å². The van der Waals surface area contributed by atoms with Crippen LogP contribution in [0.25, 0.3) is 0 Å². The van der Waals surface area contributed by atoms with Crippen LogP contribution in [0.2, 0.25) is 5.02 Å². The number of halogens is 1. The van der Waals surface area contributed by atoms with Crippen molar-refractivity contribution in [3.8, 4) is 5.75 Å². The predicted molar refractivity (Wildman–Crippen MR) is 83.1 cm³/mol. The average molecular weight is 305 g/mol. The molecule has 2 rings (SSSR count). The first-order valence-corrected chi connectivity index (χ1v) is 7.04. The largest absolute Gasteiger partial charge is 0.478 e. The fourth-order valence-electron chi connectivity index (χ4n) is 2.09. The highest BCUT2D eigenvalue weighted by molar-refractivity contribution is 6.31. The Balaban J connectivity index is 2.15. The number of carbonyl (C=O) groups is 1. The first-order chi connectivity index (χ1) is 9.95. The lowest BCUT2D eigenvalue weighted by Crippen LogP contribution is -2.29. The van der Waals surface area contributed by atoms with Crippen LogP contribution in [0.1, 0.15) is 16.7 Å². The van der Waals surface area contributed by atoms with Crippen molar-refractivity contribution in [3.05, 3.63) is 64.2 Å². The van der Waals surface area contributed by atoms with E-state index in [0.717, 1.165) is 16.7 Å². The molecular formula is C17H17ClO3. The van der Waals surface area contributed by atoms with Gasteiger partial charge in [-0.05, 0) is 43.2 Å². The lowest BCUT2D eigenvalue weighted by Gasteiger charge is -2.16. The summed E-state index contributed by atoms with van der Waals surface area (Å²) in [6, 6.07) is 12.9. The summed E-state index contributed by atoms with van der Waals surface area (Å²) in [7, 11) is 0. The standard InChI is InChI=1S/C17H17ClO3/c1-11-4-3-5-13(8-11)10-16(17(19)20)21-14-6-7-15(18)12(2)9-14/h3-9,16H,10H2,1-2H3,(H,19,20)/t16-/m0/s1. The average Bonchev–Trinajstić information content (AvgIpc) is 2.42. The summed E-state index contributed by atoms with van der Waals surface area (Å²) in [5, 5.41) is 9.97. The van der Waals surface area contributed by atoms with Gasteiger partial charge in [0.15, 0.2) is 6.10 Å². The van der Waals surface area contributed by atoms with Gasteiger partial charge in [-0.3, -0.25) is 0 Å². The third-order valence-corrected chi connectivity index (χ3v) is 3.61. The highest BCUT2D eigenvalue weighted by Crippen LogP contribution is 2.22. The van der Waals surface area contributed by atoms with Gasteiger partial charge < -0.3 is 9.84 Å². The van der Waals surface area contributed by atoms with E-state index < -0.39 is 12.1 Å². The summed E-state index contributed by atoms with van der Waals surface area (Å²) in [6.07, 6.45) is -0.606. The normalized spacial score (nSPS) is 12.0. The van der Waals surface area contributed by atoms with Crippen molar-refractivity contribution >= 4 is 17.6 Å².